The van der Waals surface area contributed by atoms with Crippen LogP contribution in [0.25, 0.3) is 0 Å². The second-order valence-electron chi connectivity index (χ2n) is 5.32. The molecule has 0 spiro atoms. The van der Waals surface area contributed by atoms with E-state index in [1.54, 1.807) is 7.11 Å². The van der Waals surface area contributed by atoms with Crippen LogP contribution >= 0.6 is 0 Å². The number of benzene rings is 3. The predicted molar refractivity (Wildman–Crippen MR) is 91.4 cm³/mol. The van der Waals surface area contributed by atoms with Gasteiger partial charge in [0.2, 0.25) is 0 Å². The van der Waals surface area contributed by atoms with Crippen LogP contribution in [0.2, 0.25) is 0 Å². The number of ether oxygens (including phenoxy) is 1. The Morgan fingerprint density at radius 2 is 1.13 bits per heavy atom. The number of nitrogens with zero attached hydrogens (tertiary/aromatic N) is 1. The van der Waals surface area contributed by atoms with Gasteiger partial charge in [0.25, 0.3) is 0 Å². The van der Waals surface area contributed by atoms with Crippen molar-refractivity contribution in [3.63, 3.8) is 0 Å². The normalized spacial score (nSPS) is 10.8. The zero-order valence-electron chi connectivity index (χ0n) is 12.9. The highest BCUT2D eigenvalue weighted by Crippen LogP contribution is 2.39. The van der Waals surface area contributed by atoms with Gasteiger partial charge < -0.3 is 4.74 Å². The van der Waals surface area contributed by atoms with Crippen LogP contribution in [0.4, 0.5) is 0 Å². The van der Waals surface area contributed by atoms with E-state index < -0.39 is 5.41 Å². The van der Waals surface area contributed by atoms with Gasteiger partial charge in [0.15, 0.2) is 0 Å². The topological polar surface area (TPSA) is 33.0 Å². The number of hydrogen-bond donors (Lipinski definition) is 0. The van der Waals surface area contributed by atoms with Crippen molar-refractivity contribution in [2.24, 2.45) is 0 Å². The Kier molecular flexibility index (Phi) is 4.12. The molecule has 0 atom stereocenters. The summed E-state index contributed by atoms with van der Waals surface area (Å²) in [4.78, 5) is 0. The van der Waals surface area contributed by atoms with Gasteiger partial charge in [0.1, 0.15) is 11.2 Å². The molecule has 0 amide bonds. The van der Waals surface area contributed by atoms with Crippen LogP contribution in [0.15, 0.2) is 84.9 Å². The van der Waals surface area contributed by atoms with Gasteiger partial charge >= 0.3 is 0 Å². The van der Waals surface area contributed by atoms with E-state index >= 15 is 0 Å². The maximum Gasteiger partial charge on any atom is 0.132 e. The lowest BCUT2D eigenvalue weighted by molar-refractivity contribution is 0.414. The van der Waals surface area contributed by atoms with Crippen LogP contribution < -0.4 is 4.74 Å². The summed E-state index contributed by atoms with van der Waals surface area (Å²) < 4.78 is 5.24. The van der Waals surface area contributed by atoms with Crippen molar-refractivity contribution < 1.29 is 4.74 Å². The van der Waals surface area contributed by atoms with Crippen molar-refractivity contribution in [2.45, 2.75) is 5.41 Å². The fourth-order valence-corrected chi connectivity index (χ4v) is 2.91. The molecule has 0 N–H and O–H groups in total. The summed E-state index contributed by atoms with van der Waals surface area (Å²) >= 11 is 0. The third-order valence-corrected chi connectivity index (χ3v) is 4.10. The molecule has 3 rings (SSSR count). The number of methoxy groups -OCH3 is 1. The molecule has 0 saturated carbocycles. The first kappa shape index (κ1) is 14.9. The minimum absolute atomic E-state index is 0.779. The largest absolute Gasteiger partial charge is 0.497 e. The zero-order valence-corrected chi connectivity index (χ0v) is 12.9. The van der Waals surface area contributed by atoms with Gasteiger partial charge in [-0.1, -0.05) is 72.8 Å². The van der Waals surface area contributed by atoms with Crippen LogP contribution in [-0.2, 0) is 5.41 Å². The second kappa shape index (κ2) is 6.37. The highest BCUT2D eigenvalue weighted by Gasteiger charge is 2.36. The molecule has 0 aromatic heterocycles. The SMILES string of the molecule is COc1ccc(C(C#N)(c2ccccc2)c2ccccc2)cc1. The second-order valence-corrected chi connectivity index (χ2v) is 5.32. The first-order valence-corrected chi connectivity index (χ1v) is 7.48. The van der Waals surface area contributed by atoms with Crippen molar-refractivity contribution in [1.82, 2.24) is 0 Å². The van der Waals surface area contributed by atoms with Crippen molar-refractivity contribution in [3.05, 3.63) is 102 Å². The molecule has 3 aromatic carbocycles. The van der Waals surface area contributed by atoms with Crippen LogP contribution in [0, 0.1) is 11.3 Å². The lowest BCUT2D eigenvalue weighted by atomic mass is 9.70. The molecule has 0 fully saturated rings. The Bertz CT molecular complexity index is 762. The van der Waals surface area contributed by atoms with Gasteiger partial charge in [0, 0.05) is 0 Å². The quantitative estimate of drug-likeness (QED) is 0.662. The molecule has 0 unspecified atom stereocenters. The summed E-state index contributed by atoms with van der Waals surface area (Å²) in [7, 11) is 1.64. The standard InChI is InChI=1S/C21H17NO/c1-23-20-14-12-19(13-15-20)21(16-22,17-8-4-2-5-9-17)18-10-6-3-7-11-18/h2-15H,1H3. The van der Waals surface area contributed by atoms with Gasteiger partial charge in [-0.3, -0.25) is 0 Å². The molecule has 23 heavy (non-hydrogen) atoms. The maximum absolute atomic E-state index is 10.2. The Morgan fingerprint density at radius 3 is 1.52 bits per heavy atom. The lowest BCUT2D eigenvalue weighted by Crippen LogP contribution is -2.27. The van der Waals surface area contributed by atoms with E-state index in [9.17, 15) is 5.26 Å². The summed E-state index contributed by atoms with van der Waals surface area (Å²) in [6, 6.07) is 30.1. The van der Waals surface area contributed by atoms with Gasteiger partial charge in [-0.2, -0.15) is 5.26 Å². The van der Waals surface area contributed by atoms with E-state index in [0.29, 0.717) is 0 Å². The van der Waals surface area contributed by atoms with Gasteiger partial charge in [-0.05, 0) is 28.8 Å². The molecule has 2 heteroatoms. The minimum Gasteiger partial charge on any atom is -0.497 e. The van der Waals surface area contributed by atoms with Crippen LogP contribution in [0.3, 0.4) is 0 Å². The molecule has 0 aliphatic rings. The van der Waals surface area contributed by atoms with E-state index in [0.717, 1.165) is 22.4 Å². The first-order chi connectivity index (χ1) is 11.3. The average molecular weight is 299 g/mol. The summed E-state index contributed by atoms with van der Waals surface area (Å²) in [6.07, 6.45) is 0. The smallest absolute Gasteiger partial charge is 0.132 e. The third kappa shape index (κ3) is 2.58. The third-order valence-electron chi connectivity index (χ3n) is 4.10. The van der Waals surface area contributed by atoms with E-state index in [1.807, 2.05) is 84.9 Å². The summed E-state index contributed by atoms with van der Waals surface area (Å²) in [5.41, 5.74) is 2.00. The fraction of sp³-hybridized carbons (Fsp3) is 0.0952. The van der Waals surface area contributed by atoms with Crippen molar-refractivity contribution in [2.75, 3.05) is 7.11 Å². The predicted octanol–water partition coefficient (Wildman–Crippen LogP) is 4.55. The molecule has 0 radical (unpaired) electrons. The number of hydrogen-bond acceptors (Lipinski definition) is 2. The number of rotatable bonds is 4. The highest BCUT2D eigenvalue weighted by atomic mass is 16.5. The van der Waals surface area contributed by atoms with E-state index in [4.69, 9.17) is 4.74 Å². The molecule has 0 aliphatic heterocycles. The Morgan fingerprint density at radius 1 is 0.696 bits per heavy atom. The zero-order chi connectivity index (χ0) is 16.1. The van der Waals surface area contributed by atoms with Gasteiger partial charge in [0.05, 0.1) is 13.2 Å². The maximum atomic E-state index is 10.2. The van der Waals surface area contributed by atoms with Gasteiger partial charge in [-0.15, -0.1) is 0 Å². The summed E-state index contributed by atoms with van der Waals surface area (Å²) in [5.74, 6) is 0.779. The van der Waals surface area contributed by atoms with Gasteiger partial charge in [-0.25, -0.2) is 0 Å². The van der Waals surface area contributed by atoms with E-state index in [-0.39, 0.29) is 0 Å². The first-order valence-electron chi connectivity index (χ1n) is 7.48. The molecule has 3 aromatic rings. The molecular weight excluding hydrogens is 282 g/mol. The molecule has 112 valence electrons. The molecule has 0 bridgehead atoms. The van der Waals surface area contributed by atoms with Crippen molar-refractivity contribution >= 4 is 0 Å². The molecule has 0 saturated heterocycles. The van der Waals surface area contributed by atoms with E-state index in [2.05, 4.69) is 6.07 Å². The highest BCUT2D eigenvalue weighted by molar-refractivity contribution is 5.56. The van der Waals surface area contributed by atoms with Crippen LogP contribution in [0.1, 0.15) is 16.7 Å². The Hall–Kier alpha value is -3.05. The monoisotopic (exact) mass is 299 g/mol. The van der Waals surface area contributed by atoms with Crippen molar-refractivity contribution in [3.8, 4) is 11.8 Å². The Balaban J connectivity index is 2.27. The van der Waals surface area contributed by atoms with Crippen molar-refractivity contribution in [1.29, 1.82) is 5.26 Å². The summed E-state index contributed by atoms with van der Waals surface area (Å²) in [6.45, 7) is 0. The Labute approximate surface area is 136 Å². The average Bonchev–Trinajstić information content (AvgIpc) is 2.65. The number of nitriles is 1. The molecule has 0 heterocycles. The molecule has 0 aliphatic carbocycles. The molecule has 2 nitrogen and oxygen atoms in total. The van der Waals surface area contributed by atoms with E-state index in [1.165, 1.54) is 0 Å². The lowest BCUT2D eigenvalue weighted by Gasteiger charge is -2.28. The minimum atomic E-state index is -0.839. The fourth-order valence-electron chi connectivity index (χ4n) is 2.91. The summed E-state index contributed by atoms with van der Waals surface area (Å²) in [5, 5.41) is 10.2. The van der Waals surface area contributed by atoms with Crippen LogP contribution in [-0.4, -0.2) is 7.11 Å². The molecular formula is C21H17NO. The van der Waals surface area contributed by atoms with Crippen LogP contribution in [0.5, 0.6) is 5.75 Å².